The molecular formula is C18H21F3N5O5+. The van der Waals surface area contributed by atoms with E-state index < -0.39 is 18.1 Å². The number of anilines is 1. The van der Waals surface area contributed by atoms with Crippen LogP contribution < -0.4 is 14.6 Å². The van der Waals surface area contributed by atoms with Crippen molar-refractivity contribution in [3.63, 3.8) is 0 Å². The van der Waals surface area contributed by atoms with Gasteiger partial charge in [-0.25, -0.2) is 0 Å². The zero-order valence-electron chi connectivity index (χ0n) is 16.3. The Kier molecular flexibility index (Phi) is 5.60. The lowest BCUT2D eigenvalue weighted by atomic mass is 10.3. The second-order valence-electron chi connectivity index (χ2n) is 7.51. The van der Waals surface area contributed by atoms with Crippen LogP contribution >= 0.6 is 0 Å². The molecule has 31 heavy (non-hydrogen) atoms. The largest absolute Gasteiger partial charge is 0.573 e. The quantitative estimate of drug-likeness (QED) is 0.377. The van der Waals surface area contributed by atoms with Gasteiger partial charge >= 0.3 is 23.8 Å². The number of alkyl halides is 3. The monoisotopic (exact) mass is 444 g/mol. The minimum atomic E-state index is -4.92. The third kappa shape index (κ3) is 5.16. The van der Waals surface area contributed by atoms with E-state index in [1.165, 1.54) is 12.8 Å². The van der Waals surface area contributed by atoms with Crippen LogP contribution in [0.3, 0.4) is 0 Å². The van der Waals surface area contributed by atoms with Gasteiger partial charge in [-0.3, -0.25) is 9.69 Å². The summed E-state index contributed by atoms with van der Waals surface area (Å²) in [5, 5.41) is 16.4. The summed E-state index contributed by atoms with van der Waals surface area (Å²) in [6.45, 7) is 1.70. The van der Waals surface area contributed by atoms with E-state index >= 15 is 0 Å². The molecule has 0 spiro atoms. The van der Waals surface area contributed by atoms with Gasteiger partial charge in [0, 0.05) is 25.7 Å². The number of halogens is 3. The Balaban J connectivity index is 1.35. The van der Waals surface area contributed by atoms with E-state index in [-0.39, 0.29) is 40.6 Å². The van der Waals surface area contributed by atoms with Gasteiger partial charge < -0.3 is 20.0 Å². The van der Waals surface area contributed by atoms with Gasteiger partial charge in [-0.2, -0.15) is 0 Å². The first kappa shape index (κ1) is 21.2. The Hall–Kier alpha value is -3.09. The third-order valence-electron chi connectivity index (χ3n) is 5.15. The lowest BCUT2D eigenvalue weighted by molar-refractivity contribution is -0.535. The molecule has 13 heteroatoms. The molecule has 0 bridgehead atoms. The van der Waals surface area contributed by atoms with Crippen molar-refractivity contribution in [1.29, 1.82) is 0 Å². The number of ether oxygens (including phenoxy) is 2. The van der Waals surface area contributed by atoms with Gasteiger partial charge in [-0.15, -0.1) is 17.9 Å². The zero-order valence-corrected chi connectivity index (χ0v) is 16.3. The predicted molar refractivity (Wildman–Crippen MR) is 99.2 cm³/mol. The molecule has 2 heterocycles. The standard InChI is InChI=1S/C18H21F3N5O5/c19-18(20,21)31-12-3-4-14-15(9-12)26(29)23-17(25(14)28)22-7-5-16(27)30-13-6-8-24(10-13)11-1-2-11/h3-4,9,11,13,28H,1-2,5-8,10H2,(H,22,23,29)/q+1. The SMILES string of the molecule is O=C(CCNc1n[n+](=O)c2cc(OC(F)(F)F)ccc2n1O)OC1CCN(C2CC2)C1. The summed E-state index contributed by atoms with van der Waals surface area (Å²) in [5.41, 5.74) is -0.439. The van der Waals surface area contributed by atoms with Crippen molar-refractivity contribution in [2.75, 3.05) is 25.0 Å². The highest BCUT2D eigenvalue weighted by molar-refractivity contribution is 5.74. The third-order valence-corrected chi connectivity index (χ3v) is 5.15. The molecule has 10 nitrogen and oxygen atoms in total. The molecular weight excluding hydrogens is 423 g/mol. The summed E-state index contributed by atoms with van der Waals surface area (Å²) in [5.74, 6) is -1.31. The van der Waals surface area contributed by atoms with Crippen LogP contribution in [0.15, 0.2) is 18.2 Å². The molecule has 2 aromatic rings. The highest BCUT2D eigenvalue weighted by atomic mass is 19.4. The van der Waals surface area contributed by atoms with Crippen molar-refractivity contribution in [1.82, 2.24) is 14.7 Å². The molecule has 2 fully saturated rings. The number of nitrogens with one attached hydrogen (secondary N) is 1. The van der Waals surface area contributed by atoms with Gasteiger partial charge in [0.2, 0.25) is 0 Å². The number of nitrogens with zero attached hydrogens (tertiary/aromatic N) is 4. The first-order chi connectivity index (χ1) is 14.7. The number of carbonyl (C=O) groups is 1. The molecule has 1 aliphatic carbocycles. The zero-order chi connectivity index (χ0) is 22.2. The van der Waals surface area contributed by atoms with Crippen molar-refractivity contribution in [3.05, 3.63) is 23.1 Å². The molecule has 4 rings (SSSR count). The van der Waals surface area contributed by atoms with Crippen molar-refractivity contribution in [2.24, 2.45) is 0 Å². The van der Waals surface area contributed by atoms with Crippen LogP contribution in [-0.4, -0.2) is 64.0 Å². The Labute approximate surface area is 173 Å². The maximum absolute atomic E-state index is 12.3. The van der Waals surface area contributed by atoms with Gasteiger partial charge in [-0.05, 0) is 31.4 Å². The van der Waals surface area contributed by atoms with Crippen molar-refractivity contribution >= 4 is 23.0 Å². The summed E-state index contributed by atoms with van der Waals surface area (Å²) in [6, 6.07) is 3.47. The normalized spacial score (nSPS) is 19.5. The lowest BCUT2D eigenvalue weighted by Gasteiger charge is -2.15. The molecule has 1 saturated carbocycles. The number of aromatic nitrogens is 3. The van der Waals surface area contributed by atoms with E-state index in [0.29, 0.717) is 10.8 Å². The second kappa shape index (κ2) is 8.21. The van der Waals surface area contributed by atoms with Gasteiger partial charge in [0.15, 0.2) is 10.1 Å². The van der Waals surface area contributed by atoms with Gasteiger partial charge in [0.1, 0.15) is 11.9 Å². The molecule has 168 valence electrons. The van der Waals surface area contributed by atoms with E-state index in [0.717, 1.165) is 37.7 Å². The summed E-state index contributed by atoms with van der Waals surface area (Å²) < 4.78 is 46.8. The molecule has 0 amide bonds. The summed E-state index contributed by atoms with van der Waals surface area (Å²) >= 11 is 0. The minimum Gasteiger partial charge on any atom is -0.461 e. The number of esters is 1. The smallest absolute Gasteiger partial charge is 0.461 e. The highest BCUT2D eigenvalue weighted by Crippen LogP contribution is 2.30. The second-order valence-corrected chi connectivity index (χ2v) is 7.51. The van der Waals surface area contributed by atoms with Crippen LogP contribution in [0, 0.1) is 4.91 Å². The maximum atomic E-state index is 12.3. The Morgan fingerprint density at radius 3 is 2.81 bits per heavy atom. The molecule has 1 aliphatic heterocycles. The Morgan fingerprint density at radius 1 is 1.32 bits per heavy atom. The first-order valence-corrected chi connectivity index (χ1v) is 9.81. The van der Waals surface area contributed by atoms with Gasteiger partial charge in [-0.1, -0.05) is 0 Å². The van der Waals surface area contributed by atoms with Crippen LogP contribution in [0.25, 0.3) is 11.0 Å². The van der Waals surface area contributed by atoms with E-state index in [2.05, 4.69) is 20.1 Å². The van der Waals surface area contributed by atoms with E-state index in [1.54, 1.807) is 0 Å². The van der Waals surface area contributed by atoms with Crippen LogP contribution in [0.5, 0.6) is 5.75 Å². The fraction of sp³-hybridized carbons (Fsp3) is 0.556. The van der Waals surface area contributed by atoms with E-state index in [4.69, 9.17) is 4.74 Å². The molecule has 1 atom stereocenters. The molecule has 1 unspecified atom stereocenters. The fourth-order valence-corrected chi connectivity index (χ4v) is 3.58. The van der Waals surface area contributed by atoms with Crippen LogP contribution in [0.2, 0.25) is 0 Å². The van der Waals surface area contributed by atoms with Crippen molar-refractivity contribution in [2.45, 2.75) is 44.2 Å². The average molecular weight is 444 g/mol. The van der Waals surface area contributed by atoms with Gasteiger partial charge in [0.25, 0.3) is 0 Å². The maximum Gasteiger partial charge on any atom is 0.573 e. The summed E-state index contributed by atoms with van der Waals surface area (Å²) in [7, 11) is 0. The predicted octanol–water partition coefficient (Wildman–Crippen LogP) is 1.67. The molecule has 0 radical (unpaired) electrons. The molecule has 1 saturated heterocycles. The number of fused-ring (bicyclic) bond motifs is 1. The summed E-state index contributed by atoms with van der Waals surface area (Å²) in [6.07, 6.45) is -1.88. The molecule has 2 N–H and O–H groups in total. The van der Waals surface area contributed by atoms with Crippen LogP contribution in [0.4, 0.5) is 19.1 Å². The van der Waals surface area contributed by atoms with Crippen LogP contribution in [0.1, 0.15) is 25.7 Å². The topological polar surface area (TPSA) is 112 Å². The van der Waals surface area contributed by atoms with Crippen LogP contribution in [-0.2, 0) is 9.53 Å². The minimum absolute atomic E-state index is 0.0170. The number of likely N-dealkylation sites (tertiary alicyclic amines) is 1. The van der Waals surface area contributed by atoms with Crippen molar-refractivity contribution in [3.8, 4) is 5.75 Å². The number of rotatable bonds is 7. The van der Waals surface area contributed by atoms with E-state index in [1.807, 2.05) is 0 Å². The molecule has 1 aromatic carbocycles. The van der Waals surface area contributed by atoms with Gasteiger partial charge in [0.05, 0.1) is 22.5 Å². The fourth-order valence-electron chi connectivity index (χ4n) is 3.58. The lowest BCUT2D eigenvalue weighted by Crippen LogP contribution is -2.28. The number of benzene rings is 1. The number of carbonyl (C=O) groups excluding carboxylic acids is 1. The highest BCUT2D eigenvalue weighted by Gasteiger charge is 2.35. The Morgan fingerprint density at radius 2 is 2.10 bits per heavy atom. The Bertz CT molecular complexity index is 1040. The first-order valence-electron chi connectivity index (χ1n) is 9.81. The van der Waals surface area contributed by atoms with Crippen molar-refractivity contribution < 1.29 is 37.2 Å². The van der Waals surface area contributed by atoms with E-state index in [9.17, 15) is 28.1 Å². The summed E-state index contributed by atoms with van der Waals surface area (Å²) in [4.78, 5) is 26.5. The number of hydrogen-bond donors (Lipinski definition) is 2. The molecule has 1 aromatic heterocycles. The molecule has 2 aliphatic rings. The number of hydrogen-bond acceptors (Lipinski definition) is 8. The average Bonchev–Trinajstić information content (AvgIpc) is 3.44.